The summed E-state index contributed by atoms with van der Waals surface area (Å²) in [5.74, 6) is 0.470. The fraction of sp³-hybridized carbons (Fsp3) is 0.714. The van der Waals surface area contributed by atoms with Gasteiger partial charge in [0.25, 0.3) is 0 Å². The third-order valence-electron chi connectivity index (χ3n) is 6.59. The van der Waals surface area contributed by atoms with Gasteiger partial charge in [0, 0.05) is 19.2 Å². The van der Waals surface area contributed by atoms with Gasteiger partial charge in [-0.15, -0.1) is 0 Å². The highest BCUT2D eigenvalue weighted by Gasteiger charge is 2.40. The molecule has 0 unspecified atom stereocenters. The van der Waals surface area contributed by atoms with Gasteiger partial charge in [-0.2, -0.15) is 4.31 Å². The second-order valence-corrected chi connectivity index (χ2v) is 12.8. The Hall–Kier alpha value is -0.960. The smallest absolute Gasteiger partial charge is 0.243 e. The Morgan fingerprint density at radius 1 is 0.966 bits per heavy atom. The van der Waals surface area contributed by atoms with E-state index in [0.717, 1.165) is 25.7 Å². The predicted molar refractivity (Wildman–Crippen MR) is 112 cm³/mol. The topological polar surface area (TPSA) is 80.8 Å². The number of sulfone groups is 1. The maximum Gasteiger partial charge on any atom is 0.243 e. The summed E-state index contributed by atoms with van der Waals surface area (Å²) in [7, 11) is -6.97. The largest absolute Gasteiger partial charge is 0.377 e. The minimum atomic E-state index is -3.78. The molecule has 3 fully saturated rings. The van der Waals surface area contributed by atoms with E-state index in [0.29, 0.717) is 18.9 Å². The molecule has 29 heavy (non-hydrogen) atoms. The highest BCUT2D eigenvalue weighted by Crippen LogP contribution is 2.34. The molecule has 2 heterocycles. The van der Waals surface area contributed by atoms with E-state index in [1.165, 1.54) is 29.1 Å². The molecule has 0 amide bonds. The van der Waals surface area contributed by atoms with Gasteiger partial charge in [0.2, 0.25) is 10.0 Å². The van der Waals surface area contributed by atoms with Crippen LogP contribution in [0.15, 0.2) is 29.2 Å². The van der Waals surface area contributed by atoms with E-state index in [-0.39, 0.29) is 29.0 Å². The lowest BCUT2D eigenvalue weighted by Crippen LogP contribution is -2.45. The van der Waals surface area contributed by atoms with Crippen molar-refractivity contribution in [3.8, 4) is 0 Å². The minimum Gasteiger partial charge on any atom is -0.377 e. The van der Waals surface area contributed by atoms with E-state index in [1.54, 1.807) is 12.1 Å². The molecule has 0 aromatic heterocycles. The number of hydrogen-bond donors (Lipinski definition) is 0. The lowest BCUT2D eigenvalue weighted by molar-refractivity contribution is 0.0877. The Balaban J connectivity index is 1.58. The van der Waals surface area contributed by atoms with Crippen LogP contribution < -0.4 is 0 Å². The number of rotatable bonds is 6. The van der Waals surface area contributed by atoms with Gasteiger partial charge in [-0.05, 0) is 55.7 Å². The first-order chi connectivity index (χ1) is 13.9. The van der Waals surface area contributed by atoms with Gasteiger partial charge in [0.05, 0.1) is 22.5 Å². The Bertz CT molecular complexity index is 899. The lowest BCUT2D eigenvalue weighted by atomic mass is 9.84. The molecule has 162 valence electrons. The SMILES string of the molecule is O=S1(=O)CC[C@@H](N(C[C@H]2CCCO2)S(=O)(=O)c2ccc(C3CCCCC3)cc2)C1. The van der Waals surface area contributed by atoms with Crippen LogP contribution in [0.4, 0.5) is 0 Å². The van der Waals surface area contributed by atoms with Crippen molar-refractivity contribution < 1.29 is 21.6 Å². The van der Waals surface area contributed by atoms with E-state index in [9.17, 15) is 16.8 Å². The summed E-state index contributed by atoms with van der Waals surface area (Å²) in [5.41, 5.74) is 1.21. The van der Waals surface area contributed by atoms with Gasteiger partial charge >= 0.3 is 0 Å². The van der Waals surface area contributed by atoms with Gasteiger partial charge in [0.15, 0.2) is 9.84 Å². The summed E-state index contributed by atoms with van der Waals surface area (Å²) in [5, 5.41) is 0. The van der Waals surface area contributed by atoms with Crippen molar-refractivity contribution in [3.63, 3.8) is 0 Å². The van der Waals surface area contributed by atoms with Gasteiger partial charge < -0.3 is 4.74 Å². The van der Waals surface area contributed by atoms with Crippen LogP contribution in [0.5, 0.6) is 0 Å². The average molecular weight is 442 g/mol. The summed E-state index contributed by atoms with van der Waals surface area (Å²) in [6.45, 7) is 0.866. The van der Waals surface area contributed by atoms with Gasteiger partial charge in [-0.3, -0.25) is 0 Å². The molecule has 0 radical (unpaired) electrons. The summed E-state index contributed by atoms with van der Waals surface area (Å²) in [6.07, 6.45) is 8.00. The maximum atomic E-state index is 13.5. The standard InChI is InChI=1S/C21H31NO5S2/c23-28(24)14-12-19(16-28)22(15-20-7-4-13-27-20)29(25,26)21-10-8-18(9-11-21)17-5-2-1-3-6-17/h8-11,17,19-20H,1-7,12-16H2/t19-,20-/m1/s1. The molecule has 3 aliphatic rings. The van der Waals surface area contributed by atoms with Crippen molar-refractivity contribution in [2.75, 3.05) is 24.7 Å². The molecule has 1 aromatic carbocycles. The van der Waals surface area contributed by atoms with Gasteiger partial charge in [-0.25, -0.2) is 16.8 Å². The highest BCUT2D eigenvalue weighted by atomic mass is 32.2. The fourth-order valence-corrected chi connectivity index (χ4v) is 8.43. The van der Waals surface area contributed by atoms with Crippen LogP contribution >= 0.6 is 0 Å². The van der Waals surface area contributed by atoms with Gasteiger partial charge in [-0.1, -0.05) is 31.4 Å². The Morgan fingerprint density at radius 3 is 2.28 bits per heavy atom. The quantitative estimate of drug-likeness (QED) is 0.678. The Morgan fingerprint density at radius 2 is 1.69 bits per heavy atom. The van der Waals surface area contributed by atoms with Crippen LogP contribution in [0.2, 0.25) is 0 Å². The zero-order valence-corrected chi connectivity index (χ0v) is 18.5. The summed E-state index contributed by atoms with van der Waals surface area (Å²) in [4.78, 5) is 0.249. The van der Waals surface area contributed by atoms with Crippen molar-refractivity contribution >= 4 is 19.9 Å². The molecule has 1 aromatic rings. The van der Waals surface area contributed by atoms with Crippen molar-refractivity contribution in [2.24, 2.45) is 0 Å². The predicted octanol–water partition coefficient (Wildman–Crippen LogP) is 3.09. The van der Waals surface area contributed by atoms with E-state index in [4.69, 9.17) is 4.74 Å². The first kappa shape index (κ1) is 21.3. The molecule has 2 aliphatic heterocycles. The first-order valence-electron chi connectivity index (χ1n) is 10.8. The van der Waals surface area contributed by atoms with Crippen LogP contribution in [-0.4, -0.2) is 57.9 Å². The minimum absolute atomic E-state index is 0.0514. The molecular formula is C21H31NO5S2. The molecule has 2 atom stereocenters. The Labute approximate surface area is 174 Å². The Kier molecular flexibility index (Phi) is 6.35. The van der Waals surface area contributed by atoms with E-state index >= 15 is 0 Å². The molecule has 1 saturated carbocycles. The normalized spacial score (nSPS) is 28.2. The van der Waals surface area contributed by atoms with E-state index < -0.39 is 25.9 Å². The zero-order chi connectivity index (χ0) is 20.5. The molecule has 8 heteroatoms. The van der Waals surface area contributed by atoms with E-state index in [1.807, 2.05) is 12.1 Å². The van der Waals surface area contributed by atoms with Crippen LogP contribution in [0.1, 0.15) is 62.8 Å². The van der Waals surface area contributed by atoms with Crippen LogP contribution in [0.3, 0.4) is 0 Å². The molecule has 4 rings (SSSR count). The lowest BCUT2D eigenvalue weighted by Gasteiger charge is -2.29. The van der Waals surface area contributed by atoms with Crippen molar-refractivity contribution in [2.45, 2.75) is 74.3 Å². The third kappa shape index (κ3) is 4.86. The average Bonchev–Trinajstić information content (AvgIpc) is 3.36. The monoisotopic (exact) mass is 441 g/mol. The van der Waals surface area contributed by atoms with Crippen LogP contribution in [0.25, 0.3) is 0 Å². The van der Waals surface area contributed by atoms with Crippen molar-refractivity contribution in [1.82, 2.24) is 4.31 Å². The first-order valence-corrected chi connectivity index (χ1v) is 14.1. The third-order valence-corrected chi connectivity index (χ3v) is 10.3. The second-order valence-electron chi connectivity index (χ2n) is 8.67. The number of nitrogens with zero attached hydrogens (tertiary/aromatic N) is 1. The summed E-state index contributed by atoms with van der Waals surface area (Å²) >= 11 is 0. The highest BCUT2D eigenvalue weighted by molar-refractivity contribution is 7.92. The van der Waals surface area contributed by atoms with Crippen molar-refractivity contribution in [3.05, 3.63) is 29.8 Å². The fourth-order valence-electron chi connectivity index (χ4n) is 4.92. The summed E-state index contributed by atoms with van der Waals surface area (Å²) in [6, 6.07) is 6.78. The number of benzene rings is 1. The summed E-state index contributed by atoms with van der Waals surface area (Å²) < 4.78 is 58.1. The molecule has 1 aliphatic carbocycles. The van der Waals surface area contributed by atoms with E-state index in [2.05, 4.69) is 0 Å². The second kappa shape index (κ2) is 8.65. The van der Waals surface area contributed by atoms with Gasteiger partial charge in [0.1, 0.15) is 0 Å². The van der Waals surface area contributed by atoms with Crippen LogP contribution in [-0.2, 0) is 24.6 Å². The molecule has 0 N–H and O–H groups in total. The molecule has 2 saturated heterocycles. The molecule has 0 spiro atoms. The number of hydrogen-bond acceptors (Lipinski definition) is 5. The molecule has 6 nitrogen and oxygen atoms in total. The molecule has 0 bridgehead atoms. The number of sulfonamides is 1. The number of ether oxygens (including phenoxy) is 1. The molecular weight excluding hydrogens is 410 g/mol. The zero-order valence-electron chi connectivity index (χ0n) is 16.8. The maximum absolute atomic E-state index is 13.5. The van der Waals surface area contributed by atoms with Crippen LogP contribution in [0, 0.1) is 0 Å². The van der Waals surface area contributed by atoms with Crippen molar-refractivity contribution in [1.29, 1.82) is 0 Å².